The number of ether oxygens (including phenoxy) is 3. The molecule has 0 aromatic carbocycles. The number of carbonyl (C=O) groups is 3. The van der Waals surface area contributed by atoms with Crippen LogP contribution < -0.4 is 0 Å². The number of hydrogen-bond donors (Lipinski definition) is 0. The predicted molar refractivity (Wildman–Crippen MR) is 306 cm³/mol. The summed E-state index contributed by atoms with van der Waals surface area (Å²) in [6.45, 7) is 6.35. The maximum atomic E-state index is 12.8. The third-order valence-corrected chi connectivity index (χ3v) is 12.0. The van der Waals surface area contributed by atoms with Gasteiger partial charge in [-0.15, -0.1) is 0 Å². The van der Waals surface area contributed by atoms with Gasteiger partial charge >= 0.3 is 17.9 Å². The van der Waals surface area contributed by atoms with Crippen molar-refractivity contribution in [3.8, 4) is 0 Å². The van der Waals surface area contributed by atoms with Gasteiger partial charge in [-0.25, -0.2) is 0 Å². The Morgan fingerprint density at radius 1 is 0.296 bits per heavy atom. The zero-order chi connectivity index (χ0) is 51.4. The first-order valence-electron chi connectivity index (χ1n) is 29.0. The van der Waals surface area contributed by atoms with E-state index in [-0.39, 0.29) is 31.1 Å². The predicted octanol–water partition coefficient (Wildman–Crippen LogP) is 19.6. The van der Waals surface area contributed by atoms with Gasteiger partial charge in [-0.3, -0.25) is 14.4 Å². The second-order valence-electron chi connectivity index (χ2n) is 18.8. The summed E-state index contributed by atoms with van der Waals surface area (Å²) in [6.07, 6.45) is 80.7. The van der Waals surface area contributed by atoms with E-state index in [2.05, 4.69) is 142 Å². The number of unbranched alkanes of at least 4 members (excludes halogenated alkanes) is 20. The Balaban J connectivity index is 4.24. The fraction of sp³-hybridized carbons (Fsp3) is 0.646. The molecule has 0 fully saturated rings. The Bertz CT molecular complexity index is 1500. The molecule has 6 nitrogen and oxygen atoms in total. The molecule has 0 N–H and O–H groups in total. The highest BCUT2D eigenvalue weighted by Gasteiger charge is 2.19. The third-order valence-electron chi connectivity index (χ3n) is 12.0. The molecule has 0 radical (unpaired) electrons. The lowest BCUT2D eigenvalue weighted by Crippen LogP contribution is -2.30. The van der Waals surface area contributed by atoms with Crippen LogP contribution in [0.15, 0.2) is 122 Å². The molecule has 0 amide bonds. The smallest absolute Gasteiger partial charge is 0.306 e. The Kier molecular flexibility index (Phi) is 54.9. The first kappa shape index (κ1) is 66.8. The van der Waals surface area contributed by atoms with Crippen LogP contribution in [0.25, 0.3) is 0 Å². The minimum absolute atomic E-state index is 0.0883. The third kappa shape index (κ3) is 56.6. The summed E-state index contributed by atoms with van der Waals surface area (Å²) < 4.78 is 16.8. The lowest BCUT2D eigenvalue weighted by molar-refractivity contribution is -0.167. The maximum absolute atomic E-state index is 12.8. The maximum Gasteiger partial charge on any atom is 0.306 e. The molecule has 0 saturated heterocycles. The summed E-state index contributed by atoms with van der Waals surface area (Å²) in [5.41, 5.74) is 0. The molecule has 0 bridgehead atoms. The second kappa shape index (κ2) is 58.4. The quantitative estimate of drug-likeness (QED) is 0.0261. The highest BCUT2D eigenvalue weighted by atomic mass is 16.6. The summed E-state index contributed by atoms with van der Waals surface area (Å²) in [5.74, 6) is -0.920. The summed E-state index contributed by atoms with van der Waals surface area (Å²) in [7, 11) is 0. The molecule has 0 saturated carbocycles. The SMILES string of the molecule is CC/C=C\C/C=C\C/C=C\C/C=C\C/C=C\C/C=C\CCCCCCCCCCC(=O)OCC(COC(=O)CCCCCCCCC)OC(=O)CCCCCCCC/C=C\C/C=C\C/C=C\C/C=C\CC. The van der Waals surface area contributed by atoms with Crippen molar-refractivity contribution < 1.29 is 28.6 Å². The molecule has 0 aliphatic rings. The van der Waals surface area contributed by atoms with Crippen LogP contribution in [0.1, 0.15) is 252 Å². The lowest BCUT2D eigenvalue weighted by Gasteiger charge is -2.18. The van der Waals surface area contributed by atoms with Gasteiger partial charge in [0.1, 0.15) is 13.2 Å². The summed E-state index contributed by atoms with van der Waals surface area (Å²) in [5, 5.41) is 0. The lowest BCUT2D eigenvalue weighted by atomic mass is 10.1. The molecular formula is C65H106O6. The van der Waals surface area contributed by atoms with Gasteiger partial charge in [0, 0.05) is 19.3 Å². The van der Waals surface area contributed by atoms with Crippen molar-refractivity contribution >= 4 is 17.9 Å². The van der Waals surface area contributed by atoms with Gasteiger partial charge in [0.15, 0.2) is 6.10 Å². The Morgan fingerprint density at radius 2 is 0.549 bits per heavy atom. The standard InChI is InChI=1S/C65H106O6/c1-4-7-10-13-16-18-20-22-24-26-28-29-30-31-32-33-34-35-37-38-40-42-44-46-49-52-55-58-64(67)70-61-62(60-69-63(66)57-54-51-48-15-12-9-6-3)71-65(68)59-56-53-50-47-45-43-41-39-36-27-25-23-21-19-17-14-11-8-5-2/h7-8,10-11,16-19,22-25,28-29,31-32,34-36,39,62H,4-6,9,12-15,20-21,26-27,30,33,37-38,40-61H2,1-3H3/b10-7-,11-8-,18-16-,19-17-,24-22-,25-23-,29-28-,32-31-,35-34-,39-36-. The van der Waals surface area contributed by atoms with Crippen molar-refractivity contribution in [2.45, 2.75) is 258 Å². The molecule has 0 aromatic rings. The highest BCUT2D eigenvalue weighted by molar-refractivity contribution is 5.71. The van der Waals surface area contributed by atoms with Crippen molar-refractivity contribution in [1.29, 1.82) is 0 Å². The van der Waals surface area contributed by atoms with E-state index in [0.29, 0.717) is 19.3 Å². The van der Waals surface area contributed by atoms with Crippen LogP contribution in [0.5, 0.6) is 0 Å². The van der Waals surface area contributed by atoms with Crippen molar-refractivity contribution in [3.63, 3.8) is 0 Å². The van der Waals surface area contributed by atoms with Gasteiger partial charge in [-0.1, -0.05) is 245 Å². The van der Waals surface area contributed by atoms with Crippen LogP contribution in [0.3, 0.4) is 0 Å². The number of hydrogen-bond acceptors (Lipinski definition) is 6. The van der Waals surface area contributed by atoms with Gasteiger partial charge in [-0.2, -0.15) is 0 Å². The van der Waals surface area contributed by atoms with Crippen LogP contribution in [-0.2, 0) is 28.6 Å². The van der Waals surface area contributed by atoms with Crippen LogP contribution in [0.4, 0.5) is 0 Å². The molecule has 0 aliphatic carbocycles. The van der Waals surface area contributed by atoms with Gasteiger partial charge in [-0.05, 0) is 109 Å². The number of allylic oxidation sites excluding steroid dienone is 20. The summed E-state index contributed by atoms with van der Waals surface area (Å²) in [4.78, 5) is 38.0. The minimum atomic E-state index is -0.790. The molecule has 402 valence electrons. The molecule has 1 atom stereocenters. The molecule has 0 heterocycles. The number of rotatable bonds is 51. The van der Waals surface area contributed by atoms with E-state index in [1.54, 1.807) is 0 Å². The molecule has 0 spiro atoms. The Hall–Kier alpha value is -4.19. The zero-order valence-electron chi connectivity index (χ0n) is 45.9. The van der Waals surface area contributed by atoms with Gasteiger partial charge in [0.2, 0.25) is 0 Å². The molecule has 6 heteroatoms. The molecule has 71 heavy (non-hydrogen) atoms. The van der Waals surface area contributed by atoms with E-state index >= 15 is 0 Å². The van der Waals surface area contributed by atoms with Crippen LogP contribution >= 0.6 is 0 Å². The fourth-order valence-corrected chi connectivity index (χ4v) is 7.67. The van der Waals surface area contributed by atoms with Crippen molar-refractivity contribution in [1.82, 2.24) is 0 Å². The van der Waals surface area contributed by atoms with Crippen molar-refractivity contribution in [3.05, 3.63) is 122 Å². The van der Waals surface area contributed by atoms with Crippen molar-refractivity contribution in [2.75, 3.05) is 13.2 Å². The van der Waals surface area contributed by atoms with E-state index in [4.69, 9.17) is 14.2 Å². The zero-order valence-corrected chi connectivity index (χ0v) is 45.9. The molecule has 1 unspecified atom stereocenters. The van der Waals surface area contributed by atoms with E-state index in [1.165, 1.54) is 70.6 Å². The normalized spacial score (nSPS) is 13.0. The largest absolute Gasteiger partial charge is 0.462 e. The summed E-state index contributed by atoms with van der Waals surface area (Å²) in [6, 6.07) is 0. The first-order valence-corrected chi connectivity index (χ1v) is 29.0. The van der Waals surface area contributed by atoms with Crippen LogP contribution in [-0.4, -0.2) is 37.2 Å². The molecule has 0 rings (SSSR count). The van der Waals surface area contributed by atoms with E-state index in [1.807, 2.05) is 0 Å². The second-order valence-corrected chi connectivity index (χ2v) is 18.8. The van der Waals surface area contributed by atoms with Gasteiger partial charge < -0.3 is 14.2 Å². The average Bonchev–Trinajstić information content (AvgIpc) is 3.37. The van der Waals surface area contributed by atoms with Gasteiger partial charge in [0.05, 0.1) is 0 Å². The Labute approximate surface area is 437 Å². The van der Waals surface area contributed by atoms with Crippen molar-refractivity contribution in [2.24, 2.45) is 0 Å². The van der Waals surface area contributed by atoms with E-state index in [9.17, 15) is 14.4 Å². The van der Waals surface area contributed by atoms with Crippen LogP contribution in [0.2, 0.25) is 0 Å². The minimum Gasteiger partial charge on any atom is -0.462 e. The summed E-state index contributed by atoms with van der Waals surface area (Å²) >= 11 is 0. The van der Waals surface area contributed by atoms with E-state index in [0.717, 1.165) is 141 Å². The molecular weight excluding hydrogens is 877 g/mol. The van der Waals surface area contributed by atoms with E-state index < -0.39 is 6.10 Å². The fourth-order valence-electron chi connectivity index (χ4n) is 7.67. The first-order chi connectivity index (χ1) is 35.0. The topological polar surface area (TPSA) is 78.9 Å². The number of esters is 3. The monoisotopic (exact) mass is 983 g/mol. The number of carbonyl (C=O) groups excluding carboxylic acids is 3. The highest BCUT2D eigenvalue weighted by Crippen LogP contribution is 2.14. The van der Waals surface area contributed by atoms with Crippen LogP contribution in [0, 0.1) is 0 Å². The molecule has 0 aliphatic heterocycles. The molecule has 0 aromatic heterocycles. The van der Waals surface area contributed by atoms with Gasteiger partial charge in [0.25, 0.3) is 0 Å². The Morgan fingerprint density at radius 3 is 0.859 bits per heavy atom. The average molecular weight is 984 g/mol.